The summed E-state index contributed by atoms with van der Waals surface area (Å²) in [6, 6.07) is 36.2. The number of aliphatic imine (C=N–C) groups is 1. The lowest BCUT2D eigenvalue weighted by molar-refractivity contribution is -0.117. The molecule has 0 atom stereocenters. The molecule has 0 heterocycles. The van der Waals surface area contributed by atoms with Gasteiger partial charge in [0.05, 0.1) is 13.0 Å². The minimum atomic E-state index is -0.345. The number of hydrogen-bond acceptors (Lipinski definition) is 2. The number of hydrogen-bond donors (Lipinski definition) is 3. The van der Waals surface area contributed by atoms with Crippen LogP contribution in [0.25, 0.3) is 11.1 Å². The second-order valence-electron chi connectivity index (χ2n) is 7.68. The molecule has 0 saturated heterocycles. The van der Waals surface area contributed by atoms with Gasteiger partial charge in [-0.2, -0.15) is 0 Å². The van der Waals surface area contributed by atoms with E-state index in [0.29, 0.717) is 12.5 Å². The van der Waals surface area contributed by atoms with E-state index in [9.17, 15) is 4.79 Å². The summed E-state index contributed by atoms with van der Waals surface area (Å²) in [5, 5.41) is 6.68. The molecule has 5 nitrogen and oxygen atoms in total. The number of carbonyl (C=O) groups excluding carboxylic acids is 1. The molecule has 0 aliphatic heterocycles. The van der Waals surface area contributed by atoms with Gasteiger partial charge in [0.2, 0.25) is 11.9 Å². The molecule has 0 saturated carbocycles. The first-order chi connectivity index (χ1) is 16.2. The Bertz CT molecular complexity index is 1200. The second-order valence-corrected chi connectivity index (χ2v) is 7.68. The lowest BCUT2D eigenvalue weighted by Gasteiger charge is -2.13. The summed E-state index contributed by atoms with van der Waals surface area (Å²) in [5.41, 5.74) is 11.4. The van der Waals surface area contributed by atoms with Gasteiger partial charge in [0.15, 0.2) is 0 Å². The molecule has 164 valence electrons. The normalized spacial score (nSPS) is 11.1. The van der Waals surface area contributed by atoms with Crippen molar-refractivity contribution in [3.63, 3.8) is 0 Å². The zero-order valence-corrected chi connectivity index (χ0v) is 18.2. The number of carbonyl (C=O) groups is 1. The van der Waals surface area contributed by atoms with Gasteiger partial charge in [-0.15, -0.1) is 0 Å². The Morgan fingerprint density at radius 1 is 0.636 bits per heavy atom. The quantitative estimate of drug-likeness (QED) is 0.267. The first-order valence-corrected chi connectivity index (χ1v) is 10.8. The highest BCUT2D eigenvalue weighted by molar-refractivity contribution is 6.03. The molecule has 1 amide bonds. The van der Waals surface area contributed by atoms with Gasteiger partial charge in [0.1, 0.15) is 0 Å². The molecule has 4 N–H and O–H groups in total. The molecule has 0 bridgehead atoms. The third-order valence-corrected chi connectivity index (χ3v) is 5.11. The Kier molecular flexibility index (Phi) is 7.13. The standard InChI is InChI=1S/C28H26N4O/c29-27(33)19-21-13-17-26(18-14-21)32-28(31-25-9-5-2-6-10-25)30-20-22-11-15-24(16-12-22)23-7-3-1-4-8-23/h1-18H,19-20H2,(H2,29,33)(H2,30,31,32). The topological polar surface area (TPSA) is 79.5 Å². The molecule has 0 unspecified atom stereocenters. The van der Waals surface area contributed by atoms with E-state index in [1.807, 2.05) is 72.8 Å². The number of primary amides is 1. The maximum atomic E-state index is 11.1. The van der Waals surface area contributed by atoms with Crippen molar-refractivity contribution >= 4 is 23.2 Å². The average molecular weight is 435 g/mol. The predicted molar refractivity (Wildman–Crippen MR) is 136 cm³/mol. The molecule has 0 aromatic heterocycles. The van der Waals surface area contributed by atoms with E-state index in [0.717, 1.165) is 22.5 Å². The molecule has 0 spiro atoms. The summed E-state index contributed by atoms with van der Waals surface area (Å²) in [6.45, 7) is 0.525. The smallest absolute Gasteiger partial charge is 0.221 e. The van der Waals surface area contributed by atoms with Crippen molar-refractivity contribution in [1.82, 2.24) is 0 Å². The zero-order valence-electron chi connectivity index (χ0n) is 18.2. The monoisotopic (exact) mass is 434 g/mol. The van der Waals surface area contributed by atoms with E-state index in [1.54, 1.807) is 0 Å². The van der Waals surface area contributed by atoms with Crippen LogP contribution in [0.3, 0.4) is 0 Å². The molecule has 4 aromatic rings. The van der Waals surface area contributed by atoms with Crippen LogP contribution in [0.4, 0.5) is 11.4 Å². The molecule has 0 radical (unpaired) electrons. The summed E-state index contributed by atoms with van der Waals surface area (Å²) < 4.78 is 0. The average Bonchev–Trinajstić information content (AvgIpc) is 2.85. The van der Waals surface area contributed by atoms with Crippen LogP contribution in [0, 0.1) is 0 Å². The lowest BCUT2D eigenvalue weighted by atomic mass is 10.0. The van der Waals surface area contributed by atoms with Crippen molar-refractivity contribution < 1.29 is 4.79 Å². The SMILES string of the molecule is NC(=O)Cc1ccc(NC(=NCc2ccc(-c3ccccc3)cc2)Nc2ccccc2)cc1. The Balaban J connectivity index is 1.49. The van der Waals surface area contributed by atoms with Gasteiger partial charge < -0.3 is 16.4 Å². The van der Waals surface area contributed by atoms with Crippen LogP contribution in [-0.4, -0.2) is 11.9 Å². The summed E-state index contributed by atoms with van der Waals surface area (Å²) in [6.07, 6.45) is 0.225. The third-order valence-electron chi connectivity index (χ3n) is 5.11. The number of guanidine groups is 1. The van der Waals surface area contributed by atoms with Crippen molar-refractivity contribution in [2.24, 2.45) is 10.7 Å². The fraction of sp³-hybridized carbons (Fsp3) is 0.0714. The largest absolute Gasteiger partial charge is 0.369 e. The maximum Gasteiger partial charge on any atom is 0.221 e. The number of rotatable bonds is 7. The molecule has 4 aromatic carbocycles. The fourth-order valence-corrected chi connectivity index (χ4v) is 3.42. The third kappa shape index (κ3) is 6.55. The molecule has 33 heavy (non-hydrogen) atoms. The molecule has 0 aliphatic carbocycles. The van der Waals surface area contributed by atoms with Crippen LogP contribution >= 0.6 is 0 Å². The Hall–Kier alpha value is -4.38. The fourth-order valence-electron chi connectivity index (χ4n) is 3.42. The number of para-hydroxylation sites is 1. The van der Waals surface area contributed by atoms with Crippen LogP contribution < -0.4 is 16.4 Å². The van der Waals surface area contributed by atoms with Gasteiger partial charge in [-0.25, -0.2) is 4.99 Å². The van der Waals surface area contributed by atoms with E-state index in [2.05, 4.69) is 47.0 Å². The predicted octanol–water partition coefficient (Wildman–Crippen LogP) is 5.46. The van der Waals surface area contributed by atoms with Gasteiger partial charge in [0, 0.05) is 11.4 Å². The second kappa shape index (κ2) is 10.8. The molecular weight excluding hydrogens is 408 g/mol. The van der Waals surface area contributed by atoms with Crippen molar-refractivity contribution in [3.8, 4) is 11.1 Å². The Morgan fingerprint density at radius 2 is 1.15 bits per heavy atom. The first-order valence-electron chi connectivity index (χ1n) is 10.8. The van der Waals surface area contributed by atoms with Crippen molar-refractivity contribution in [1.29, 1.82) is 0 Å². The van der Waals surface area contributed by atoms with Crippen molar-refractivity contribution in [2.75, 3.05) is 10.6 Å². The zero-order chi connectivity index (χ0) is 22.9. The summed E-state index contributed by atoms with van der Waals surface area (Å²) in [4.78, 5) is 15.9. The van der Waals surface area contributed by atoms with Gasteiger partial charge in [-0.1, -0.05) is 84.9 Å². The summed E-state index contributed by atoms with van der Waals surface area (Å²) >= 11 is 0. The molecular formula is C28H26N4O. The van der Waals surface area contributed by atoms with E-state index in [-0.39, 0.29) is 12.3 Å². The number of nitrogens with one attached hydrogen (secondary N) is 2. The van der Waals surface area contributed by atoms with Crippen LogP contribution in [0.2, 0.25) is 0 Å². The van der Waals surface area contributed by atoms with E-state index in [1.165, 1.54) is 11.1 Å². The molecule has 0 aliphatic rings. The van der Waals surface area contributed by atoms with Gasteiger partial charge in [0.25, 0.3) is 0 Å². The van der Waals surface area contributed by atoms with Gasteiger partial charge in [-0.3, -0.25) is 4.79 Å². The van der Waals surface area contributed by atoms with Crippen molar-refractivity contribution in [3.05, 3.63) is 120 Å². The highest BCUT2D eigenvalue weighted by Crippen LogP contribution is 2.20. The number of benzene rings is 4. The van der Waals surface area contributed by atoms with E-state index >= 15 is 0 Å². The highest BCUT2D eigenvalue weighted by Gasteiger charge is 2.04. The van der Waals surface area contributed by atoms with Gasteiger partial charge >= 0.3 is 0 Å². The van der Waals surface area contributed by atoms with E-state index in [4.69, 9.17) is 10.7 Å². The van der Waals surface area contributed by atoms with E-state index < -0.39 is 0 Å². The van der Waals surface area contributed by atoms with Crippen LogP contribution in [0.1, 0.15) is 11.1 Å². The number of amides is 1. The van der Waals surface area contributed by atoms with Crippen LogP contribution in [-0.2, 0) is 17.8 Å². The lowest BCUT2D eigenvalue weighted by Crippen LogP contribution is -2.22. The Morgan fingerprint density at radius 3 is 1.76 bits per heavy atom. The van der Waals surface area contributed by atoms with Crippen molar-refractivity contribution in [2.45, 2.75) is 13.0 Å². The Labute approximate surface area is 194 Å². The van der Waals surface area contributed by atoms with Crippen LogP contribution in [0.5, 0.6) is 0 Å². The molecule has 0 fully saturated rings. The van der Waals surface area contributed by atoms with Crippen LogP contribution in [0.15, 0.2) is 114 Å². The van der Waals surface area contributed by atoms with Gasteiger partial charge in [-0.05, 0) is 46.5 Å². The maximum absolute atomic E-state index is 11.1. The molecule has 4 rings (SSSR count). The minimum Gasteiger partial charge on any atom is -0.369 e. The highest BCUT2D eigenvalue weighted by atomic mass is 16.1. The number of nitrogens with zero attached hydrogens (tertiary/aromatic N) is 1. The number of anilines is 2. The first kappa shape index (κ1) is 21.8. The molecule has 5 heteroatoms. The number of nitrogens with two attached hydrogens (primary N) is 1. The summed E-state index contributed by atoms with van der Waals surface area (Å²) in [7, 11) is 0. The summed E-state index contributed by atoms with van der Waals surface area (Å²) in [5.74, 6) is 0.290. The minimum absolute atomic E-state index is 0.225.